The standard InChI is InChI=1S/C13H19N5O/c1-10(13-4-5-14-17-13)16-11-7-15-18(8-11)9-12-3-2-6-19-12/h4-5,7-8,10,12,16H,2-3,6,9H2,1H3,(H,14,17). The van der Waals surface area contributed by atoms with Crippen LogP contribution in [0.1, 0.15) is 31.5 Å². The van der Waals surface area contributed by atoms with E-state index in [4.69, 9.17) is 4.74 Å². The molecule has 2 atom stereocenters. The number of nitrogens with one attached hydrogen (secondary N) is 2. The monoisotopic (exact) mass is 261 g/mol. The largest absolute Gasteiger partial charge is 0.376 e. The Kier molecular flexibility index (Phi) is 3.50. The van der Waals surface area contributed by atoms with Crippen LogP contribution in [0.2, 0.25) is 0 Å². The molecule has 0 saturated carbocycles. The van der Waals surface area contributed by atoms with E-state index in [2.05, 4.69) is 27.5 Å². The third-order valence-corrected chi connectivity index (χ3v) is 3.42. The number of hydrogen-bond acceptors (Lipinski definition) is 4. The number of nitrogens with zero attached hydrogens (tertiary/aromatic N) is 3. The van der Waals surface area contributed by atoms with Crippen LogP contribution in [0.3, 0.4) is 0 Å². The van der Waals surface area contributed by atoms with Gasteiger partial charge in [-0.3, -0.25) is 9.78 Å². The smallest absolute Gasteiger partial charge is 0.0771 e. The van der Waals surface area contributed by atoms with Crippen molar-refractivity contribution in [1.82, 2.24) is 20.0 Å². The number of aromatic amines is 1. The summed E-state index contributed by atoms with van der Waals surface area (Å²) in [5.41, 5.74) is 2.08. The van der Waals surface area contributed by atoms with Crippen LogP contribution in [0.5, 0.6) is 0 Å². The molecule has 0 radical (unpaired) electrons. The van der Waals surface area contributed by atoms with Gasteiger partial charge in [-0.15, -0.1) is 0 Å². The Balaban J connectivity index is 1.58. The predicted octanol–water partition coefficient (Wildman–Crippen LogP) is 1.96. The molecule has 3 heterocycles. The van der Waals surface area contributed by atoms with Crippen molar-refractivity contribution >= 4 is 5.69 Å². The van der Waals surface area contributed by atoms with Gasteiger partial charge in [0.1, 0.15) is 0 Å². The lowest BCUT2D eigenvalue weighted by Gasteiger charge is -2.11. The van der Waals surface area contributed by atoms with E-state index < -0.39 is 0 Å². The maximum atomic E-state index is 5.61. The van der Waals surface area contributed by atoms with E-state index in [0.717, 1.165) is 37.4 Å². The van der Waals surface area contributed by atoms with E-state index >= 15 is 0 Å². The Hall–Kier alpha value is -1.82. The van der Waals surface area contributed by atoms with Gasteiger partial charge in [0.2, 0.25) is 0 Å². The van der Waals surface area contributed by atoms with E-state index in [1.807, 2.05) is 23.1 Å². The second kappa shape index (κ2) is 5.44. The van der Waals surface area contributed by atoms with Gasteiger partial charge in [-0.25, -0.2) is 0 Å². The molecule has 0 amide bonds. The summed E-state index contributed by atoms with van der Waals surface area (Å²) in [7, 11) is 0. The highest BCUT2D eigenvalue weighted by molar-refractivity contribution is 5.40. The fourth-order valence-electron chi connectivity index (χ4n) is 2.37. The first-order valence-electron chi connectivity index (χ1n) is 6.71. The predicted molar refractivity (Wildman–Crippen MR) is 71.8 cm³/mol. The average Bonchev–Trinajstić information content (AvgIpc) is 3.10. The quantitative estimate of drug-likeness (QED) is 0.863. The molecule has 0 bridgehead atoms. The van der Waals surface area contributed by atoms with Crippen LogP contribution in [0.4, 0.5) is 5.69 Å². The molecule has 2 aromatic heterocycles. The Labute approximate surface area is 112 Å². The highest BCUT2D eigenvalue weighted by Gasteiger charge is 2.16. The summed E-state index contributed by atoms with van der Waals surface area (Å²) < 4.78 is 7.55. The van der Waals surface area contributed by atoms with Gasteiger partial charge in [0, 0.05) is 19.0 Å². The second-order valence-electron chi connectivity index (χ2n) is 4.96. The van der Waals surface area contributed by atoms with E-state index in [0.29, 0.717) is 6.10 Å². The van der Waals surface area contributed by atoms with E-state index in [1.54, 1.807) is 6.20 Å². The SMILES string of the molecule is CC(Nc1cnn(CC2CCCO2)c1)c1ccn[nH]1. The Morgan fingerprint density at radius 2 is 2.58 bits per heavy atom. The molecule has 6 heteroatoms. The average molecular weight is 261 g/mol. The summed E-state index contributed by atoms with van der Waals surface area (Å²) in [5, 5.41) is 14.7. The molecule has 1 saturated heterocycles. The van der Waals surface area contributed by atoms with Crippen molar-refractivity contribution in [2.75, 3.05) is 11.9 Å². The molecule has 0 spiro atoms. The third kappa shape index (κ3) is 2.96. The zero-order valence-corrected chi connectivity index (χ0v) is 11.0. The maximum absolute atomic E-state index is 5.61. The molecular formula is C13H19N5O. The Morgan fingerprint density at radius 1 is 1.63 bits per heavy atom. The fourth-order valence-corrected chi connectivity index (χ4v) is 2.37. The van der Waals surface area contributed by atoms with Crippen LogP contribution < -0.4 is 5.32 Å². The summed E-state index contributed by atoms with van der Waals surface area (Å²) in [6.45, 7) is 3.80. The van der Waals surface area contributed by atoms with Crippen molar-refractivity contribution in [3.8, 4) is 0 Å². The van der Waals surface area contributed by atoms with Crippen LogP contribution in [-0.2, 0) is 11.3 Å². The van der Waals surface area contributed by atoms with Gasteiger partial charge in [0.05, 0.1) is 36.3 Å². The van der Waals surface area contributed by atoms with Crippen molar-refractivity contribution in [2.45, 2.75) is 38.5 Å². The molecule has 1 fully saturated rings. The van der Waals surface area contributed by atoms with Gasteiger partial charge in [-0.05, 0) is 25.8 Å². The number of hydrogen-bond donors (Lipinski definition) is 2. The number of aromatic nitrogens is 4. The number of anilines is 1. The molecule has 1 aliphatic heterocycles. The van der Waals surface area contributed by atoms with Gasteiger partial charge in [0.25, 0.3) is 0 Å². The lowest BCUT2D eigenvalue weighted by Crippen LogP contribution is -2.15. The fraction of sp³-hybridized carbons (Fsp3) is 0.538. The van der Waals surface area contributed by atoms with Crippen molar-refractivity contribution < 1.29 is 4.74 Å². The van der Waals surface area contributed by atoms with E-state index in [-0.39, 0.29) is 6.04 Å². The van der Waals surface area contributed by atoms with Crippen molar-refractivity contribution in [2.24, 2.45) is 0 Å². The van der Waals surface area contributed by atoms with Crippen molar-refractivity contribution in [1.29, 1.82) is 0 Å². The minimum absolute atomic E-state index is 0.183. The zero-order valence-electron chi connectivity index (χ0n) is 11.0. The summed E-state index contributed by atoms with van der Waals surface area (Å²) in [6, 6.07) is 2.15. The summed E-state index contributed by atoms with van der Waals surface area (Å²) in [6.07, 6.45) is 8.24. The van der Waals surface area contributed by atoms with E-state index in [9.17, 15) is 0 Å². The van der Waals surface area contributed by atoms with Gasteiger partial charge in [-0.1, -0.05) is 0 Å². The molecule has 3 rings (SSSR count). The van der Waals surface area contributed by atoms with Crippen LogP contribution in [0.25, 0.3) is 0 Å². The number of rotatable bonds is 5. The summed E-state index contributed by atoms with van der Waals surface area (Å²) >= 11 is 0. The molecule has 19 heavy (non-hydrogen) atoms. The maximum Gasteiger partial charge on any atom is 0.0771 e. The molecular weight excluding hydrogens is 242 g/mol. The Morgan fingerprint density at radius 3 is 3.32 bits per heavy atom. The molecule has 2 N–H and O–H groups in total. The summed E-state index contributed by atoms with van der Waals surface area (Å²) in [4.78, 5) is 0. The van der Waals surface area contributed by atoms with Crippen LogP contribution in [0, 0.1) is 0 Å². The molecule has 2 aromatic rings. The molecule has 102 valence electrons. The van der Waals surface area contributed by atoms with Crippen molar-refractivity contribution in [3.05, 3.63) is 30.4 Å². The van der Waals surface area contributed by atoms with Crippen LogP contribution in [-0.4, -0.2) is 32.7 Å². The first-order valence-corrected chi connectivity index (χ1v) is 6.71. The van der Waals surface area contributed by atoms with E-state index in [1.165, 1.54) is 0 Å². The van der Waals surface area contributed by atoms with Crippen LogP contribution in [0.15, 0.2) is 24.7 Å². The summed E-state index contributed by atoms with van der Waals surface area (Å²) in [5.74, 6) is 0. The highest BCUT2D eigenvalue weighted by atomic mass is 16.5. The van der Waals surface area contributed by atoms with Crippen molar-refractivity contribution in [3.63, 3.8) is 0 Å². The zero-order chi connectivity index (χ0) is 13.1. The van der Waals surface area contributed by atoms with Gasteiger partial charge in [0.15, 0.2) is 0 Å². The molecule has 0 aromatic carbocycles. The number of H-pyrrole nitrogens is 1. The highest BCUT2D eigenvalue weighted by Crippen LogP contribution is 2.18. The molecule has 2 unspecified atom stereocenters. The number of ether oxygens (including phenoxy) is 1. The minimum atomic E-state index is 0.183. The van der Waals surface area contributed by atoms with Gasteiger partial charge in [-0.2, -0.15) is 10.2 Å². The topological polar surface area (TPSA) is 67.8 Å². The van der Waals surface area contributed by atoms with Gasteiger partial charge >= 0.3 is 0 Å². The Bertz CT molecular complexity index is 501. The van der Waals surface area contributed by atoms with Gasteiger partial charge < -0.3 is 10.1 Å². The lowest BCUT2D eigenvalue weighted by atomic mass is 10.2. The minimum Gasteiger partial charge on any atom is -0.376 e. The normalized spacial score (nSPS) is 20.6. The molecule has 0 aliphatic carbocycles. The lowest BCUT2D eigenvalue weighted by molar-refractivity contribution is 0.0940. The first-order chi connectivity index (χ1) is 9.31. The second-order valence-corrected chi connectivity index (χ2v) is 4.96. The van der Waals surface area contributed by atoms with Crippen LogP contribution >= 0.6 is 0 Å². The molecule has 1 aliphatic rings. The third-order valence-electron chi connectivity index (χ3n) is 3.42. The first kappa shape index (κ1) is 12.2. The molecule has 6 nitrogen and oxygen atoms in total.